The summed E-state index contributed by atoms with van der Waals surface area (Å²) in [6.45, 7) is 0.339. The summed E-state index contributed by atoms with van der Waals surface area (Å²) in [5.41, 5.74) is 0. The molecule has 90 valence electrons. The molecule has 1 rings (SSSR count). The van der Waals surface area contributed by atoms with E-state index in [4.69, 9.17) is 4.74 Å². The Morgan fingerprint density at radius 1 is 1.50 bits per heavy atom. The molecule has 0 fully saturated rings. The standard InChI is InChI=1S/C9H11BrFNO3S/c1-15-5-4-12-16(13,14)9-3-2-7(10)6-8(9)11/h2-3,6,12H,4-5H2,1H3. The number of halogens is 2. The fourth-order valence-corrected chi connectivity index (χ4v) is 2.45. The Hall–Kier alpha value is -0.500. The van der Waals surface area contributed by atoms with Crippen molar-refractivity contribution in [1.29, 1.82) is 0 Å². The van der Waals surface area contributed by atoms with Crippen molar-refractivity contribution in [2.24, 2.45) is 0 Å². The van der Waals surface area contributed by atoms with E-state index in [1.54, 1.807) is 0 Å². The minimum absolute atomic E-state index is 0.105. The molecular weight excluding hydrogens is 301 g/mol. The lowest BCUT2D eigenvalue weighted by molar-refractivity contribution is 0.204. The maximum Gasteiger partial charge on any atom is 0.243 e. The number of methoxy groups -OCH3 is 1. The van der Waals surface area contributed by atoms with E-state index in [-0.39, 0.29) is 18.0 Å². The van der Waals surface area contributed by atoms with Crippen molar-refractivity contribution in [3.05, 3.63) is 28.5 Å². The van der Waals surface area contributed by atoms with Gasteiger partial charge in [0.2, 0.25) is 10.0 Å². The predicted octanol–water partition coefficient (Wildman–Crippen LogP) is 1.51. The van der Waals surface area contributed by atoms with Crippen LogP contribution in [0.15, 0.2) is 27.6 Å². The third-order valence-electron chi connectivity index (χ3n) is 1.78. The van der Waals surface area contributed by atoms with Gasteiger partial charge in [0, 0.05) is 18.1 Å². The Kier molecular flexibility index (Phi) is 4.85. The van der Waals surface area contributed by atoms with E-state index < -0.39 is 15.8 Å². The molecule has 1 aromatic carbocycles. The maximum absolute atomic E-state index is 13.4. The first-order valence-corrected chi connectivity index (χ1v) is 6.68. The molecule has 0 heterocycles. The van der Waals surface area contributed by atoms with E-state index in [2.05, 4.69) is 20.7 Å². The smallest absolute Gasteiger partial charge is 0.243 e. The fraction of sp³-hybridized carbons (Fsp3) is 0.333. The van der Waals surface area contributed by atoms with Gasteiger partial charge in [0.05, 0.1) is 6.61 Å². The number of hydrogen-bond acceptors (Lipinski definition) is 3. The van der Waals surface area contributed by atoms with Crippen molar-refractivity contribution in [2.75, 3.05) is 20.3 Å². The normalized spacial score (nSPS) is 11.7. The summed E-state index contributed by atoms with van der Waals surface area (Å²) in [6.07, 6.45) is 0. The third-order valence-corrected chi connectivity index (χ3v) is 3.77. The highest BCUT2D eigenvalue weighted by Gasteiger charge is 2.18. The van der Waals surface area contributed by atoms with Crippen molar-refractivity contribution in [3.63, 3.8) is 0 Å². The van der Waals surface area contributed by atoms with Crippen LogP contribution in [0.2, 0.25) is 0 Å². The number of nitrogens with one attached hydrogen (secondary N) is 1. The maximum atomic E-state index is 13.4. The zero-order valence-corrected chi connectivity index (χ0v) is 10.9. The van der Waals surface area contributed by atoms with Crippen molar-refractivity contribution in [3.8, 4) is 0 Å². The van der Waals surface area contributed by atoms with Gasteiger partial charge in [-0.1, -0.05) is 15.9 Å². The van der Waals surface area contributed by atoms with Gasteiger partial charge in [0.15, 0.2) is 0 Å². The Morgan fingerprint density at radius 3 is 2.75 bits per heavy atom. The van der Waals surface area contributed by atoms with Crippen LogP contribution < -0.4 is 4.72 Å². The molecule has 0 radical (unpaired) electrons. The lowest BCUT2D eigenvalue weighted by Gasteiger charge is -2.07. The fourth-order valence-electron chi connectivity index (χ4n) is 1.05. The van der Waals surface area contributed by atoms with Gasteiger partial charge in [-0.3, -0.25) is 0 Å². The highest BCUT2D eigenvalue weighted by molar-refractivity contribution is 9.10. The van der Waals surface area contributed by atoms with Gasteiger partial charge in [-0.05, 0) is 18.2 Å². The van der Waals surface area contributed by atoms with Crippen molar-refractivity contribution < 1.29 is 17.5 Å². The molecule has 0 aliphatic heterocycles. The Labute approximate surface area is 102 Å². The number of hydrogen-bond donors (Lipinski definition) is 1. The van der Waals surface area contributed by atoms with Crippen molar-refractivity contribution in [1.82, 2.24) is 4.72 Å². The number of ether oxygens (including phenoxy) is 1. The lowest BCUT2D eigenvalue weighted by Crippen LogP contribution is -2.27. The summed E-state index contributed by atoms with van der Waals surface area (Å²) < 4.78 is 44.0. The first-order valence-electron chi connectivity index (χ1n) is 4.41. The molecule has 0 atom stereocenters. The molecule has 0 spiro atoms. The largest absolute Gasteiger partial charge is 0.383 e. The first kappa shape index (κ1) is 13.6. The van der Waals surface area contributed by atoms with Crippen LogP contribution in [0.1, 0.15) is 0 Å². The number of benzene rings is 1. The van der Waals surface area contributed by atoms with Gasteiger partial charge in [0.1, 0.15) is 10.7 Å². The molecule has 1 N–H and O–H groups in total. The highest BCUT2D eigenvalue weighted by atomic mass is 79.9. The second kappa shape index (κ2) is 5.72. The third kappa shape index (κ3) is 3.51. The molecule has 0 bridgehead atoms. The minimum atomic E-state index is -3.81. The van der Waals surface area contributed by atoms with Gasteiger partial charge in [0.25, 0.3) is 0 Å². The van der Waals surface area contributed by atoms with Crippen LogP contribution in [0.25, 0.3) is 0 Å². The highest BCUT2D eigenvalue weighted by Crippen LogP contribution is 2.18. The molecule has 0 saturated heterocycles. The first-order chi connectivity index (χ1) is 7.47. The van der Waals surface area contributed by atoms with E-state index in [1.165, 1.54) is 19.2 Å². The molecule has 0 aliphatic carbocycles. The summed E-state index contributed by atoms with van der Waals surface area (Å²) in [5, 5.41) is 0. The van der Waals surface area contributed by atoms with Crippen LogP contribution in [0.5, 0.6) is 0 Å². The Bertz CT molecular complexity index is 464. The molecule has 4 nitrogen and oxygen atoms in total. The molecule has 0 saturated carbocycles. The average Bonchev–Trinajstić information content (AvgIpc) is 2.17. The zero-order valence-electron chi connectivity index (χ0n) is 8.54. The molecule has 0 unspecified atom stereocenters. The van der Waals surface area contributed by atoms with Gasteiger partial charge >= 0.3 is 0 Å². The summed E-state index contributed by atoms with van der Waals surface area (Å²) in [7, 11) is -2.35. The minimum Gasteiger partial charge on any atom is -0.383 e. The molecular formula is C9H11BrFNO3S. The van der Waals surface area contributed by atoms with Crippen LogP contribution in [-0.2, 0) is 14.8 Å². The van der Waals surface area contributed by atoms with E-state index >= 15 is 0 Å². The summed E-state index contributed by atoms with van der Waals surface area (Å²) in [6, 6.07) is 3.77. The van der Waals surface area contributed by atoms with Crippen molar-refractivity contribution in [2.45, 2.75) is 4.90 Å². The Morgan fingerprint density at radius 2 is 2.19 bits per heavy atom. The van der Waals surface area contributed by atoms with Gasteiger partial charge < -0.3 is 4.74 Å². The molecule has 0 amide bonds. The van der Waals surface area contributed by atoms with E-state index in [9.17, 15) is 12.8 Å². The van der Waals surface area contributed by atoms with Crippen LogP contribution in [-0.4, -0.2) is 28.7 Å². The summed E-state index contributed by atoms with van der Waals surface area (Å²) in [5.74, 6) is -0.792. The monoisotopic (exact) mass is 311 g/mol. The number of rotatable bonds is 5. The zero-order chi connectivity index (χ0) is 12.2. The predicted molar refractivity (Wildman–Crippen MR) is 61.2 cm³/mol. The van der Waals surface area contributed by atoms with Gasteiger partial charge in [-0.2, -0.15) is 0 Å². The van der Waals surface area contributed by atoms with Crippen LogP contribution in [0, 0.1) is 5.82 Å². The Balaban J connectivity index is 2.90. The average molecular weight is 312 g/mol. The molecule has 7 heteroatoms. The lowest BCUT2D eigenvalue weighted by atomic mass is 10.3. The van der Waals surface area contributed by atoms with E-state index in [1.807, 2.05) is 0 Å². The van der Waals surface area contributed by atoms with E-state index in [0.717, 1.165) is 6.07 Å². The molecule has 16 heavy (non-hydrogen) atoms. The summed E-state index contributed by atoms with van der Waals surface area (Å²) >= 11 is 3.05. The summed E-state index contributed by atoms with van der Waals surface area (Å²) in [4.78, 5) is -0.369. The SMILES string of the molecule is COCCNS(=O)(=O)c1ccc(Br)cc1F. The molecule has 1 aromatic rings. The van der Waals surface area contributed by atoms with E-state index in [0.29, 0.717) is 4.47 Å². The number of sulfonamides is 1. The topological polar surface area (TPSA) is 55.4 Å². The van der Waals surface area contributed by atoms with Gasteiger partial charge in [-0.15, -0.1) is 0 Å². The van der Waals surface area contributed by atoms with Crippen molar-refractivity contribution >= 4 is 26.0 Å². The second-order valence-corrected chi connectivity index (χ2v) is 5.62. The second-order valence-electron chi connectivity index (χ2n) is 2.97. The van der Waals surface area contributed by atoms with Crippen LogP contribution >= 0.6 is 15.9 Å². The van der Waals surface area contributed by atoms with Crippen LogP contribution in [0.3, 0.4) is 0 Å². The quantitative estimate of drug-likeness (QED) is 0.839. The molecule has 0 aliphatic rings. The van der Waals surface area contributed by atoms with Crippen LogP contribution in [0.4, 0.5) is 4.39 Å². The van der Waals surface area contributed by atoms with Gasteiger partial charge in [-0.25, -0.2) is 17.5 Å². The molecule has 0 aromatic heterocycles.